The smallest absolute Gasteiger partial charge is 0.429 e. The van der Waals surface area contributed by atoms with Crippen LogP contribution in [0.15, 0.2) is 60.7 Å². The first-order valence-electron chi connectivity index (χ1n) is 15.1. The molecule has 0 saturated carbocycles. The Hall–Kier alpha value is -4.30. The van der Waals surface area contributed by atoms with Crippen molar-refractivity contribution in [1.29, 1.82) is 0 Å². The lowest BCUT2D eigenvalue weighted by Crippen LogP contribution is -2.27. The Kier molecular flexibility index (Phi) is 11.1. The highest BCUT2D eigenvalue weighted by Crippen LogP contribution is 2.40. The zero-order valence-corrected chi connectivity index (χ0v) is 25.7. The Bertz CT molecular complexity index is 1740. The number of benzene rings is 4. The first-order chi connectivity index (χ1) is 23.3. The molecule has 0 amide bonds. The molecule has 1 fully saturated rings. The molecule has 49 heavy (non-hydrogen) atoms. The van der Waals surface area contributed by atoms with Crippen molar-refractivity contribution in [3.63, 3.8) is 0 Å². The van der Waals surface area contributed by atoms with Crippen molar-refractivity contribution in [3.8, 4) is 33.8 Å². The predicted molar refractivity (Wildman–Crippen MR) is 157 cm³/mol. The van der Waals surface area contributed by atoms with Gasteiger partial charge in [-0.2, -0.15) is 17.6 Å². The molecule has 0 radical (unpaired) electrons. The molecule has 0 spiro atoms. The van der Waals surface area contributed by atoms with Crippen molar-refractivity contribution in [1.82, 2.24) is 0 Å². The molecule has 5 rings (SSSR count). The minimum atomic E-state index is -4.72. The summed E-state index contributed by atoms with van der Waals surface area (Å²) in [5, 5.41) is 0. The molecule has 262 valence electrons. The highest BCUT2D eigenvalue weighted by Gasteiger charge is 2.41. The quantitative estimate of drug-likeness (QED) is 0.109. The Labute approximate surface area is 274 Å². The second kappa shape index (κ2) is 15.1. The Balaban J connectivity index is 1.31. The van der Waals surface area contributed by atoms with Gasteiger partial charge in [0.05, 0.1) is 13.2 Å². The summed E-state index contributed by atoms with van der Waals surface area (Å²) in [7, 11) is 0. The van der Waals surface area contributed by atoms with Crippen LogP contribution in [0.2, 0.25) is 0 Å². The molecule has 4 aromatic carbocycles. The van der Waals surface area contributed by atoms with Crippen molar-refractivity contribution < 1.29 is 62.9 Å². The SMILES string of the molecule is CCCCCC1COC(c2ccc(-c3cc(F)c(C(F)(F)Oc4ccc(-c5cc(F)c(OC(F)F)c(F)c5)c(F)c4)c(F)c3)c(F)c2)OC1. The third-order valence-corrected chi connectivity index (χ3v) is 7.79. The van der Waals surface area contributed by atoms with Gasteiger partial charge in [0.1, 0.15) is 34.6 Å². The van der Waals surface area contributed by atoms with Gasteiger partial charge in [0.25, 0.3) is 0 Å². The molecule has 0 unspecified atom stereocenters. The van der Waals surface area contributed by atoms with E-state index in [0.29, 0.717) is 49.1 Å². The lowest BCUT2D eigenvalue weighted by molar-refractivity contribution is -0.206. The molecule has 0 N–H and O–H groups in total. The fraction of sp³-hybridized carbons (Fsp3) is 0.314. The van der Waals surface area contributed by atoms with Crippen LogP contribution >= 0.6 is 0 Å². The summed E-state index contributed by atoms with van der Waals surface area (Å²) in [5.74, 6) is -11.2. The van der Waals surface area contributed by atoms with Gasteiger partial charge < -0.3 is 18.9 Å². The van der Waals surface area contributed by atoms with Crippen molar-refractivity contribution in [2.75, 3.05) is 13.2 Å². The van der Waals surface area contributed by atoms with E-state index in [1.165, 1.54) is 12.1 Å². The van der Waals surface area contributed by atoms with Crippen molar-refractivity contribution in [3.05, 3.63) is 107 Å². The van der Waals surface area contributed by atoms with Crippen LogP contribution in [-0.4, -0.2) is 19.8 Å². The summed E-state index contributed by atoms with van der Waals surface area (Å²) in [6.45, 7) is -0.623. The number of rotatable bonds is 12. The molecule has 1 aliphatic heterocycles. The van der Waals surface area contributed by atoms with E-state index in [0.717, 1.165) is 43.9 Å². The predicted octanol–water partition coefficient (Wildman–Crippen LogP) is 10.8. The fourth-order valence-corrected chi connectivity index (χ4v) is 5.41. The van der Waals surface area contributed by atoms with Crippen LogP contribution in [0.3, 0.4) is 0 Å². The van der Waals surface area contributed by atoms with Gasteiger partial charge in [-0.25, -0.2) is 26.3 Å². The van der Waals surface area contributed by atoms with Gasteiger partial charge in [0.2, 0.25) is 0 Å². The third-order valence-electron chi connectivity index (χ3n) is 7.79. The van der Waals surface area contributed by atoms with Gasteiger partial charge >= 0.3 is 12.7 Å². The van der Waals surface area contributed by atoms with Crippen molar-refractivity contribution >= 4 is 0 Å². The maximum absolute atomic E-state index is 15.1. The summed E-state index contributed by atoms with van der Waals surface area (Å²) >= 11 is 0. The average Bonchev–Trinajstić information content (AvgIpc) is 3.02. The Morgan fingerprint density at radius 3 is 1.80 bits per heavy atom. The van der Waals surface area contributed by atoms with E-state index in [4.69, 9.17) is 9.47 Å². The topological polar surface area (TPSA) is 36.9 Å². The lowest BCUT2D eigenvalue weighted by Gasteiger charge is -2.29. The molecule has 0 atom stereocenters. The van der Waals surface area contributed by atoms with Crippen LogP contribution in [0.4, 0.5) is 43.9 Å². The highest BCUT2D eigenvalue weighted by atomic mass is 19.3. The normalized spacial score (nSPS) is 16.7. The molecule has 4 nitrogen and oxygen atoms in total. The number of hydrogen-bond acceptors (Lipinski definition) is 4. The summed E-state index contributed by atoms with van der Waals surface area (Å²) in [5.41, 5.74) is -3.30. The van der Waals surface area contributed by atoms with Crippen LogP contribution in [-0.2, 0) is 15.6 Å². The molecule has 0 aromatic heterocycles. The lowest BCUT2D eigenvalue weighted by atomic mass is 9.99. The van der Waals surface area contributed by atoms with E-state index in [-0.39, 0.29) is 11.5 Å². The number of halogens is 10. The van der Waals surface area contributed by atoms with Crippen LogP contribution in [0, 0.1) is 40.8 Å². The van der Waals surface area contributed by atoms with Crippen LogP contribution in [0.5, 0.6) is 11.5 Å². The van der Waals surface area contributed by atoms with Crippen LogP contribution in [0.1, 0.15) is 50.0 Å². The molecule has 1 saturated heterocycles. The number of unbranched alkanes of at least 4 members (excludes halogenated alkanes) is 2. The van der Waals surface area contributed by atoms with Gasteiger partial charge in [-0.3, -0.25) is 0 Å². The molecule has 0 bridgehead atoms. The Morgan fingerprint density at radius 1 is 0.714 bits per heavy atom. The van der Waals surface area contributed by atoms with E-state index < -0.39 is 87.7 Å². The van der Waals surface area contributed by atoms with Crippen LogP contribution in [0.25, 0.3) is 22.3 Å². The second-order valence-electron chi connectivity index (χ2n) is 11.3. The molecule has 4 aromatic rings. The summed E-state index contributed by atoms with van der Waals surface area (Å²) in [6.07, 6.45) is -1.45. The van der Waals surface area contributed by atoms with Gasteiger partial charge in [-0.1, -0.05) is 38.3 Å². The van der Waals surface area contributed by atoms with Gasteiger partial charge in [-0.05, 0) is 60.0 Å². The van der Waals surface area contributed by atoms with E-state index in [1.54, 1.807) is 0 Å². The maximum Gasteiger partial charge on any atom is 0.432 e. The number of alkyl halides is 4. The second-order valence-corrected chi connectivity index (χ2v) is 11.3. The number of hydrogen-bond donors (Lipinski definition) is 0. The maximum atomic E-state index is 15.1. The monoisotopic (exact) mass is 702 g/mol. The summed E-state index contributed by atoms with van der Waals surface area (Å²) < 4.78 is 163. The minimum Gasteiger partial charge on any atom is -0.429 e. The van der Waals surface area contributed by atoms with E-state index >= 15 is 22.0 Å². The first-order valence-corrected chi connectivity index (χ1v) is 15.1. The van der Waals surface area contributed by atoms with Crippen molar-refractivity contribution in [2.45, 2.75) is 51.6 Å². The molecule has 1 aliphatic rings. The number of ether oxygens (including phenoxy) is 4. The van der Waals surface area contributed by atoms with Crippen LogP contribution < -0.4 is 9.47 Å². The Morgan fingerprint density at radius 2 is 1.27 bits per heavy atom. The standard InChI is InChI=1S/C35H28F10O4/c1-2-3-4-5-18-16-46-33(47-17-18)19-6-8-23(25(36)10-19)20-11-27(38)31(28(39)12-20)35(44,45)49-22-7-9-24(26(37)15-22)21-13-29(40)32(30(41)14-21)48-34(42)43/h6-15,18,33-34H,2-5,16-17H2,1H3. The molecule has 0 aliphatic carbocycles. The molecular weight excluding hydrogens is 674 g/mol. The molecule has 1 heterocycles. The van der Waals surface area contributed by atoms with E-state index in [1.807, 2.05) is 0 Å². The zero-order valence-electron chi connectivity index (χ0n) is 25.7. The molecule has 14 heteroatoms. The van der Waals surface area contributed by atoms with Gasteiger partial charge in [0, 0.05) is 28.7 Å². The fourth-order valence-electron chi connectivity index (χ4n) is 5.41. The highest BCUT2D eigenvalue weighted by molar-refractivity contribution is 5.67. The first kappa shape index (κ1) is 36.0. The van der Waals surface area contributed by atoms with Crippen molar-refractivity contribution in [2.24, 2.45) is 5.92 Å². The van der Waals surface area contributed by atoms with Gasteiger partial charge in [-0.15, -0.1) is 0 Å². The summed E-state index contributed by atoms with van der Waals surface area (Å²) in [4.78, 5) is 0. The average molecular weight is 703 g/mol. The zero-order chi connectivity index (χ0) is 35.5. The van der Waals surface area contributed by atoms with Gasteiger partial charge in [0.15, 0.2) is 23.7 Å². The van der Waals surface area contributed by atoms with E-state index in [2.05, 4.69) is 16.4 Å². The largest absolute Gasteiger partial charge is 0.432 e. The van der Waals surface area contributed by atoms with E-state index in [9.17, 15) is 22.0 Å². The summed E-state index contributed by atoms with van der Waals surface area (Å²) in [6, 6.07) is 7.44. The minimum absolute atomic E-state index is 0.205. The third kappa shape index (κ3) is 8.30. The molecular formula is C35H28F10O4.